The van der Waals surface area contributed by atoms with Crippen molar-refractivity contribution in [2.45, 2.75) is 12.3 Å². The Morgan fingerprint density at radius 3 is 2.36 bits per heavy atom. The van der Waals surface area contributed by atoms with Crippen LogP contribution in [0.3, 0.4) is 0 Å². The van der Waals surface area contributed by atoms with Crippen LogP contribution in [0.2, 0.25) is 0 Å². The average molecular weight is 554 g/mol. The maximum Gasteiger partial charge on any atom is 0.311 e. The first kappa shape index (κ1) is 26.9. The molecule has 202 valence electrons. The lowest BCUT2D eigenvalue weighted by Gasteiger charge is -2.17. The standard InChI is InChI=1S/C25H23N5O8S/c1-39(37,38)30-13-3-5-20(31)15(9-13)16-6-12(14(25(35)36)10-21(32)33)7-17(22(16)34)24-28-18-4-2-11(23(26)27)8-19(18)29-24/h2-9,14,30-31,34H,10H2,1H3,(H3,26,27)(H,28,29)(H,32,33)(H,35,36). The number of fused-ring (bicyclic) bond motifs is 1. The number of hydrogen-bond acceptors (Lipinski definition) is 8. The van der Waals surface area contributed by atoms with E-state index in [0.717, 1.165) is 6.26 Å². The molecule has 4 aromatic rings. The number of nitrogens with two attached hydrogens (primary N) is 1. The maximum atomic E-state index is 12.0. The number of imidazole rings is 1. The fraction of sp³-hybridized carbons (Fsp3) is 0.120. The van der Waals surface area contributed by atoms with Crippen LogP contribution >= 0.6 is 0 Å². The van der Waals surface area contributed by atoms with Gasteiger partial charge in [0.15, 0.2) is 0 Å². The van der Waals surface area contributed by atoms with Crippen molar-refractivity contribution >= 4 is 44.5 Å². The number of anilines is 1. The van der Waals surface area contributed by atoms with E-state index in [0.29, 0.717) is 16.6 Å². The molecule has 0 fully saturated rings. The Morgan fingerprint density at radius 1 is 1.05 bits per heavy atom. The SMILES string of the molecule is CS(=O)(=O)Nc1ccc(O)c(-c2cc(C(CC(=O)O)C(=O)O)cc(-c3nc4cc(C(=N)N)ccc4[nH]3)c2O)c1. The first-order valence-corrected chi connectivity index (χ1v) is 13.1. The molecule has 1 heterocycles. The minimum atomic E-state index is -3.70. The first-order chi connectivity index (χ1) is 18.2. The fourth-order valence-electron chi connectivity index (χ4n) is 4.10. The van der Waals surface area contributed by atoms with Crippen LogP contribution in [-0.2, 0) is 19.6 Å². The van der Waals surface area contributed by atoms with Crippen molar-refractivity contribution < 1.29 is 38.4 Å². The molecule has 0 aliphatic heterocycles. The van der Waals surface area contributed by atoms with Gasteiger partial charge in [0.25, 0.3) is 0 Å². The molecule has 13 nitrogen and oxygen atoms in total. The van der Waals surface area contributed by atoms with E-state index in [1.54, 1.807) is 12.1 Å². The van der Waals surface area contributed by atoms with Crippen LogP contribution in [-0.4, -0.2) is 62.8 Å². The second kappa shape index (κ2) is 9.98. The summed E-state index contributed by atoms with van der Waals surface area (Å²) >= 11 is 0. The molecule has 14 heteroatoms. The van der Waals surface area contributed by atoms with Crippen molar-refractivity contribution in [3.8, 4) is 34.0 Å². The largest absolute Gasteiger partial charge is 0.507 e. The number of hydrogen-bond donors (Lipinski definition) is 8. The van der Waals surface area contributed by atoms with E-state index in [9.17, 15) is 38.4 Å². The highest BCUT2D eigenvalue weighted by Crippen LogP contribution is 2.44. The molecule has 0 amide bonds. The molecule has 1 aromatic heterocycles. The number of nitrogens with one attached hydrogen (secondary N) is 3. The van der Waals surface area contributed by atoms with Crippen LogP contribution in [0.25, 0.3) is 33.5 Å². The van der Waals surface area contributed by atoms with Gasteiger partial charge in [-0.2, -0.15) is 0 Å². The quantitative estimate of drug-likeness (QED) is 0.0855. The molecule has 0 aliphatic rings. The first-order valence-electron chi connectivity index (χ1n) is 11.2. The molecule has 1 atom stereocenters. The third kappa shape index (κ3) is 5.75. The van der Waals surface area contributed by atoms with Crippen LogP contribution in [0, 0.1) is 5.41 Å². The number of sulfonamides is 1. The molecule has 4 rings (SSSR count). The lowest BCUT2D eigenvalue weighted by atomic mass is 9.89. The summed E-state index contributed by atoms with van der Waals surface area (Å²) in [5, 5.41) is 48.6. The Balaban J connectivity index is 1.99. The van der Waals surface area contributed by atoms with E-state index >= 15 is 0 Å². The monoisotopic (exact) mass is 553 g/mol. The minimum absolute atomic E-state index is 0.0133. The number of carbonyl (C=O) groups is 2. The zero-order valence-corrected chi connectivity index (χ0v) is 21.1. The summed E-state index contributed by atoms with van der Waals surface area (Å²) in [6.07, 6.45) is 0.154. The Kier molecular flexibility index (Phi) is 6.89. The molecule has 0 spiro atoms. The lowest BCUT2D eigenvalue weighted by Crippen LogP contribution is -2.16. The summed E-state index contributed by atoms with van der Waals surface area (Å²) in [5.41, 5.74) is 6.70. The topological polar surface area (TPSA) is 240 Å². The summed E-state index contributed by atoms with van der Waals surface area (Å²) in [6.45, 7) is 0. The van der Waals surface area contributed by atoms with Gasteiger partial charge in [-0.25, -0.2) is 13.4 Å². The molecule has 0 saturated heterocycles. The number of phenols is 2. The van der Waals surface area contributed by atoms with Crippen LogP contribution in [0.15, 0.2) is 48.5 Å². The molecular formula is C25H23N5O8S. The summed E-state index contributed by atoms with van der Waals surface area (Å²) < 4.78 is 25.7. The number of aliphatic carboxylic acids is 2. The van der Waals surface area contributed by atoms with E-state index in [-0.39, 0.29) is 45.4 Å². The van der Waals surface area contributed by atoms with Gasteiger partial charge >= 0.3 is 11.9 Å². The van der Waals surface area contributed by atoms with E-state index in [2.05, 4.69) is 14.7 Å². The van der Waals surface area contributed by atoms with Crippen molar-refractivity contribution in [2.24, 2.45) is 5.73 Å². The Hall–Kier alpha value is -5.11. The highest BCUT2D eigenvalue weighted by atomic mass is 32.2. The van der Waals surface area contributed by atoms with Crippen LogP contribution in [0.4, 0.5) is 5.69 Å². The number of H-pyrrole nitrogens is 1. The number of carboxylic acids is 2. The smallest absolute Gasteiger partial charge is 0.311 e. The van der Waals surface area contributed by atoms with Gasteiger partial charge in [-0.15, -0.1) is 0 Å². The molecule has 0 bridgehead atoms. The van der Waals surface area contributed by atoms with Crippen molar-refractivity contribution in [3.63, 3.8) is 0 Å². The number of aromatic amines is 1. The van der Waals surface area contributed by atoms with Crippen molar-refractivity contribution in [1.29, 1.82) is 5.41 Å². The summed E-state index contributed by atoms with van der Waals surface area (Å²) in [6, 6.07) is 10.9. The van der Waals surface area contributed by atoms with Crippen molar-refractivity contribution in [1.82, 2.24) is 9.97 Å². The van der Waals surface area contributed by atoms with Gasteiger partial charge in [0.1, 0.15) is 23.2 Å². The number of benzene rings is 3. The highest BCUT2D eigenvalue weighted by molar-refractivity contribution is 7.92. The van der Waals surface area contributed by atoms with Crippen LogP contribution in [0.1, 0.15) is 23.5 Å². The molecule has 39 heavy (non-hydrogen) atoms. The third-order valence-electron chi connectivity index (χ3n) is 5.85. The predicted molar refractivity (Wildman–Crippen MR) is 142 cm³/mol. The third-order valence-corrected chi connectivity index (χ3v) is 6.46. The van der Waals surface area contributed by atoms with E-state index < -0.39 is 40.1 Å². The predicted octanol–water partition coefficient (Wildman–Crippen LogP) is 2.61. The number of nitrogen functional groups attached to an aromatic ring is 1. The Labute approximate surface area is 221 Å². The molecular weight excluding hydrogens is 530 g/mol. The number of nitrogens with zero attached hydrogens (tertiary/aromatic N) is 1. The Morgan fingerprint density at radius 2 is 1.74 bits per heavy atom. The number of phenolic OH excluding ortho intramolecular Hbond substituents is 2. The number of aromatic nitrogens is 2. The molecule has 3 aromatic carbocycles. The molecule has 9 N–H and O–H groups in total. The summed E-state index contributed by atoms with van der Waals surface area (Å²) in [7, 11) is -3.70. The minimum Gasteiger partial charge on any atom is -0.507 e. The molecule has 0 radical (unpaired) electrons. The zero-order chi connectivity index (χ0) is 28.6. The summed E-state index contributed by atoms with van der Waals surface area (Å²) in [4.78, 5) is 30.9. The highest BCUT2D eigenvalue weighted by Gasteiger charge is 2.27. The van der Waals surface area contributed by atoms with Crippen LogP contribution in [0.5, 0.6) is 11.5 Å². The molecule has 1 unspecified atom stereocenters. The zero-order valence-electron chi connectivity index (χ0n) is 20.3. The summed E-state index contributed by atoms with van der Waals surface area (Å²) in [5.74, 6) is -5.27. The van der Waals surface area contributed by atoms with Gasteiger partial charge in [0.05, 0.1) is 35.2 Å². The Bertz CT molecular complexity index is 1760. The number of rotatable bonds is 9. The van der Waals surface area contributed by atoms with Gasteiger partial charge in [0.2, 0.25) is 10.0 Å². The van der Waals surface area contributed by atoms with Gasteiger partial charge < -0.3 is 31.1 Å². The molecule has 0 aliphatic carbocycles. The average Bonchev–Trinajstić information content (AvgIpc) is 3.26. The van der Waals surface area contributed by atoms with Gasteiger partial charge in [-0.3, -0.25) is 19.7 Å². The van der Waals surface area contributed by atoms with E-state index in [1.807, 2.05) is 0 Å². The van der Waals surface area contributed by atoms with Gasteiger partial charge in [-0.1, -0.05) is 0 Å². The van der Waals surface area contributed by atoms with Gasteiger partial charge in [0, 0.05) is 22.4 Å². The number of amidine groups is 1. The lowest BCUT2D eigenvalue weighted by molar-refractivity contribution is -0.145. The number of aromatic hydroxyl groups is 2. The normalized spacial score (nSPS) is 12.2. The van der Waals surface area contributed by atoms with Crippen molar-refractivity contribution in [3.05, 3.63) is 59.7 Å². The maximum absolute atomic E-state index is 12.0. The second-order valence-corrected chi connectivity index (χ2v) is 10.5. The second-order valence-electron chi connectivity index (χ2n) is 8.79. The molecule has 0 saturated carbocycles. The number of carboxylic acid groups (broad SMARTS) is 2. The van der Waals surface area contributed by atoms with Crippen LogP contribution < -0.4 is 10.5 Å². The van der Waals surface area contributed by atoms with Crippen molar-refractivity contribution in [2.75, 3.05) is 11.0 Å². The van der Waals surface area contributed by atoms with Gasteiger partial charge in [-0.05, 0) is 54.1 Å². The fourth-order valence-corrected chi connectivity index (χ4v) is 4.65. The van der Waals surface area contributed by atoms with E-state index in [4.69, 9.17) is 11.1 Å². The van der Waals surface area contributed by atoms with E-state index in [1.165, 1.54) is 36.4 Å².